The number of aliphatic imine (C=N–C) groups is 1. The molecule has 2 aliphatic rings. The van der Waals surface area contributed by atoms with Crippen molar-refractivity contribution in [3.05, 3.63) is 0 Å². The minimum absolute atomic E-state index is 0. The van der Waals surface area contributed by atoms with Crippen molar-refractivity contribution in [2.24, 2.45) is 4.99 Å². The van der Waals surface area contributed by atoms with Crippen molar-refractivity contribution >= 4 is 41.7 Å². The van der Waals surface area contributed by atoms with E-state index in [-0.39, 0.29) is 24.0 Å². The molecular weight excluding hydrogens is 421 g/mol. The highest BCUT2D eigenvalue weighted by Crippen LogP contribution is 2.27. The van der Waals surface area contributed by atoms with Crippen LogP contribution in [0.2, 0.25) is 0 Å². The zero-order valence-electron chi connectivity index (χ0n) is 15.0. The van der Waals surface area contributed by atoms with Crippen LogP contribution in [0, 0.1) is 0 Å². The third-order valence-electron chi connectivity index (χ3n) is 5.01. The van der Waals surface area contributed by atoms with Crippen molar-refractivity contribution in [2.45, 2.75) is 43.5 Å². The highest BCUT2D eigenvalue weighted by molar-refractivity contribution is 14.0. The Bertz CT molecular complexity index is 360. The van der Waals surface area contributed by atoms with Crippen LogP contribution < -0.4 is 10.6 Å². The average molecular weight is 455 g/mol. The van der Waals surface area contributed by atoms with Crippen molar-refractivity contribution in [3.63, 3.8) is 0 Å². The van der Waals surface area contributed by atoms with Crippen LogP contribution in [0.1, 0.15) is 26.2 Å². The maximum atomic E-state index is 4.39. The van der Waals surface area contributed by atoms with Crippen LogP contribution in [0.25, 0.3) is 0 Å². The van der Waals surface area contributed by atoms with Crippen LogP contribution in [-0.2, 0) is 0 Å². The third kappa shape index (κ3) is 6.96. The monoisotopic (exact) mass is 455 g/mol. The van der Waals surface area contributed by atoms with E-state index in [0.29, 0.717) is 12.1 Å². The van der Waals surface area contributed by atoms with E-state index in [9.17, 15) is 0 Å². The Morgan fingerprint density at radius 3 is 2.52 bits per heavy atom. The van der Waals surface area contributed by atoms with Gasteiger partial charge in [0.15, 0.2) is 5.96 Å². The van der Waals surface area contributed by atoms with E-state index in [1.807, 2.05) is 18.8 Å². The minimum atomic E-state index is 0. The Morgan fingerprint density at radius 2 is 1.96 bits per heavy atom. The number of hydrogen-bond donors (Lipinski definition) is 2. The van der Waals surface area contributed by atoms with Gasteiger partial charge in [-0.1, -0.05) is 0 Å². The highest BCUT2D eigenvalue weighted by atomic mass is 127. The Morgan fingerprint density at radius 1 is 1.26 bits per heavy atom. The van der Waals surface area contributed by atoms with E-state index in [0.717, 1.165) is 17.8 Å². The molecule has 0 spiro atoms. The van der Waals surface area contributed by atoms with Crippen molar-refractivity contribution in [2.75, 3.05) is 53.1 Å². The minimum Gasteiger partial charge on any atom is -0.355 e. The fourth-order valence-electron chi connectivity index (χ4n) is 3.31. The Hall–Kier alpha value is 0.270. The second-order valence-corrected chi connectivity index (χ2v) is 7.79. The molecule has 0 bridgehead atoms. The van der Waals surface area contributed by atoms with Gasteiger partial charge in [-0.05, 0) is 39.5 Å². The molecule has 7 heteroatoms. The summed E-state index contributed by atoms with van der Waals surface area (Å²) in [6.45, 7) is 7.96. The summed E-state index contributed by atoms with van der Waals surface area (Å²) in [5, 5.41) is 7.93. The Kier molecular flexibility index (Phi) is 10.2. The van der Waals surface area contributed by atoms with Crippen molar-refractivity contribution in [1.29, 1.82) is 0 Å². The van der Waals surface area contributed by atoms with Gasteiger partial charge < -0.3 is 15.5 Å². The first-order chi connectivity index (χ1) is 10.6. The first kappa shape index (κ1) is 21.3. The lowest BCUT2D eigenvalue weighted by molar-refractivity contribution is 0.120. The van der Waals surface area contributed by atoms with Gasteiger partial charge in [0.05, 0.1) is 0 Å². The molecule has 23 heavy (non-hydrogen) atoms. The molecule has 1 saturated heterocycles. The highest BCUT2D eigenvalue weighted by Gasteiger charge is 2.25. The number of nitrogens with one attached hydrogen (secondary N) is 2. The molecule has 136 valence electrons. The van der Waals surface area contributed by atoms with Crippen LogP contribution in [0.5, 0.6) is 0 Å². The molecule has 2 fully saturated rings. The van der Waals surface area contributed by atoms with Crippen LogP contribution in [0.4, 0.5) is 0 Å². The number of nitrogens with zero attached hydrogens (tertiary/aromatic N) is 3. The SMILES string of the molecule is CN=C(NCC(C)N1CCN(C)CC1)NC1CCC(SC)C1.I. The molecule has 1 heterocycles. The van der Waals surface area contributed by atoms with Crippen molar-refractivity contribution in [1.82, 2.24) is 20.4 Å². The smallest absolute Gasteiger partial charge is 0.191 e. The van der Waals surface area contributed by atoms with E-state index < -0.39 is 0 Å². The molecule has 0 aromatic heterocycles. The lowest BCUT2D eigenvalue weighted by Gasteiger charge is -2.36. The van der Waals surface area contributed by atoms with Crippen LogP contribution in [-0.4, -0.2) is 86.2 Å². The molecular formula is C16H34IN5S. The third-order valence-corrected chi connectivity index (χ3v) is 6.10. The molecule has 0 aromatic carbocycles. The maximum absolute atomic E-state index is 4.39. The molecule has 1 aliphatic heterocycles. The van der Waals surface area contributed by atoms with Crippen LogP contribution >= 0.6 is 35.7 Å². The first-order valence-electron chi connectivity index (χ1n) is 8.55. The number of hydrogen-bond acceptors (Lipinski definition) is 4. The Balaban J connectivity index is 0.00000264. The zero-order valence-corrected chi connectivity index (χ0v) is 18.2. The summed E-state index contributed by atoms with van der Waals surface area (Å²) >= 11 is 2.00. The predicted octanol–water partition coefficient (Wildman–Crippen LogP) is 1.69. The lowest BCUT2D eigenvalue weighted by atomic mass is 10.2. The zero-order chi connectivity index (χ0) is 15.9. The topological polar surface area (TPSA) is 42.9 Å². The fourth-order valence-corrected chi connectivity index (χ4v) is 4.11. The van der Waals surface area contributed by atoms with E-state index >= 15 is 0 Å². The summed E-state index contributed by atoms with van der Waals surface area (Å²) in [5.41, 5.74) is 0. The second-order valence-electron chi connectivity index (χ2n) is 6.65. The molecule has 2 rings (SSSR count). The quantitative estimate of drug-likeness (QED) is 0.375. The van der Waals surface area contributed by atoms with Gasteiger partial charge in [0.1, 0.15) is 0 Å². The molecule has 0 radical (unpaired) electrons. The standard InChI is InChI=1S/C16H33N5S.HI/c1-13(21-9-7-20(3)8-10-21)12-18-16(17-2)19-14-5-6-15(11-14)22-4;/h13-15H,5-12H2,1-4H3,(H2,17,18,19);1H. The number of likely N-dealkylation sites (N-methyl/N-ethyl adjacent to an activating group) is 1. The molecule has 2 N–H and O–H groups in total. The molecule has 3 atom stereocenters. The maximum Gasteiger partial charge on any atom is 0.191 e. The summed E-state index contributed by atoms with van der Waals surface area (Å²) < 4.78 is 0. The number of thioether (sulfide) groups is 1. The van der Waals surface area contributed by atoms with E-state index in [4.69, 9.17) is 0 Å². The summed E-state index contributed by atoms with van der Waals surface area (Å²) in [7, 11) is 4.08. The predicted molar refractivity (Wildman–Crippen MR) is 113 cm³/mol. The van der Waals surface area contributed by atoms with E-state index in [1.54, 1.807) is 0 Å². The number of rotatable bonds is 5. The van der Waals surface area contributed by atoms with Gasteiger partial charge in [-0.25, -0.2) is 0 Å². The molecule has 0 aromatic rings. The van der Waals surface area contributed by atoms with Gasteiger partial charge in [-0.3, -0.25) is 9.89 Å². The number of halogens is 1. The van der Waals surface area contributed by atoms with E-state index in [1.165, 1.54) is 45.4 Å². The average Bonchev–Trinajstić information content (AvgIpc) is 2.99. The molecule has 1 saturated carbocycles. The number of piperazine rings is 1. The number of guanidine groups is 1. The summed E-state index contributed by atoms with van der Waals surface area (Å²) in [6, 6.07) is 1.14. The van der Waals surface area contributed by atoms with Gasteiger partial charge >= 0.3 is 0 Å². The van der Waals surface area contributed by atoms with Crippen LogP contribution in [0.3, 0.4) is 0 Å². The molecule has 3 unspecified atom stereocenters. The van der Waals surface area contributed by atoms with Gasteiger partial charge in [-0.15, -0.1) is 24.0 Å². The largest absolute Gasteiger partial charge is 0.355 e. The van der Waals surface area contributed by atoms with Gasteiger partial charge in [0, 0.05) is 57.1 Å². The van der Waals surface area contributed by atoms with Gasteiger partial charge in [-0.2, -0.15) is 11.8 Å². The Labute approximate surface area is 163 Å². The van der Waals surface area contributed by atoms with Gasteiger partial charge in [0.2, 0.25) is 0 Å². The summed E-state index contributed by atoms with van der Waals surface area (Å²) in [4.78, 5) is 9.36. The van der Waals surface area contributed by atoms with Crippen molar-refractivity contribution < 1.29 is 0 Å². The van der Waals surface area contributed by atoms with Crippen molar-refractivity contribution in [3.8, 4) is 0 Å². The first-order valence-corrected chi connectivity index (χ1v) is 9.83. The second kappa shape index (κ2) is 11.0. The molecule has 5 nitrogen and oxygen atoms in total. The normalized spacial score (nSPS) is 28.3. The molecule has 1 aliphatic carbocycles. The van der Waals surface area contributed by atoms with Crippen LogP contribution in [0.15, 0.2) is 4.99 Å². The summed E-state index contributed by atoms with van der Waals surface area (Å²) in [5.74, 6) is 0.965. The lowest BCUT2D eigenvalue weighted by Crippen LogP contribution is -2.53. The fraction of sp³-hybridized carbons (Fsp3) is 0.938. The van der Waals surface area contributed by atoms with E-state index in [2.05, 4.69) is 45.7 Å². The summed E-state index contributed by atoms with van der Waals surface area (Å²) in [6.07, 6.45) is 6.07. The van der Waals surface area contributed by atoms with Gasteiger partial charge in [0.25, 0.3) is 0 Å². The molecule has 0 amide bonds.